The average molecular weight is 309 g/mol. The summed E-state index contributed by atoms with van der Waals surface area (Å²) in [7, 11) is -4.84. The zero-order chi connectivity index (χ0) is 14.9. The second-order valence-corrected chi connectivity index (χ2v) is 10.9. The van der Waals surface area contributed by atoms with Crippen LogP contribution in [-0.4, -0.2) is 29.5 Å². The molecule has 1 rings (SSSR count). The van der Waals surface area contributed by atoms with Gasteiger partial charge in [0.15, 0.2) is 14.8 Å². The van der Waals surface area contributed by atoms with Gasteiger partial charge in [0, 0.05) is 12.8 Å². The van der Waals surface area contributed by atoms with Crippen molar-refractivity contribution >= 4 is 19.2 Å². The molecule has 4 nitrogen and oxygen atoms in total. The first-order chi connectivity index (χ1) is 8.44. The Labute approximate surface area is 119 Å². The zero-order valence-electron chi connectivity index (χ0n) is 13.0. The molecule has 0 atom stereocenters. The van der Waals surface area contributed by atoms with Crippen molar-refractivity contribution in [3.05, 3.63) is 0 Å². The van der Waals surface area contributed by atoms with Gasteiger partial charge in [-0.2, -0.15) is 8.42 Å². The normalized spacial score (nSPS) is 29.7. The molecule has 6 heteroatoms. The van der Waals surface area contributed by atoms with E-state index in [-0.39, 0.29) is 5.41 Å². The Kier molecular flexibility index (Phi) is 5.26. The van der Waals surface area contributed by atoms with E-state index in [0.29, 0.717) is 18.8 Å². The predicted molar refractivity (Wildman–Crippen MR) is 80.0 cm³/mol. The highest BCUT2D eigenvalue weighted by molar-refractivity contribution is 7.86. The van der Waals surface area contributed by atoms with Crippen molar-refractivity contribution in [1.82, 2.24) is 0 Å². The summed E-state index contributed by atoms with van der Waals surface area (Å²) in [5.74, 6) is -0.295. The van der Waals surface area contributed by atoms with Crippen LogP contribution >= 0.6 is 0 Å². The monoisotopic (exact) mass is 308 g/mol. The van der Waals surface area contributed by atoms with Crippen LogP contribution in [0.4, 0.5) is 0 Å². The molecule has 0 bridgehead atoms. The third-order valence-electron chi connectivity index (χ3n) is 3.73. The van der Waals surface area contributed by atoms with Gasteiger partial charge in [0.25, 0.3) is 10.1 Å². The molecule has 0 aromatic heterocycles. The van der Waals surface area contributed by atoms with E-state index in [1.54, 1.807) is 0 Å². The van der Waals surface area contributed by atoms with Gasteiger partial charge in [0.2, 0.25) is 0 Å². The lowest BCUT2D eigenvalue weighted by atomic mass is 9.71. The maximum Gasteiger partial charge on any atom is 0.267 e. The zero-order valence-corrected chi connectivity index (χ0v) is 15.0. The molecule has 1 aliphatic carbocycles. The molecule has 0 aliphatic heterocycles. The molecule has 0 amide bonds. The fourth-order valence-electron chi connectivity index (χ4n) is 2.85. The molecule has 1 fully saturated rings. The van der Waals surface area contributed by atoms with Gasteiger partial charge in [-0.25, -0.2) is 4.18 Å². The van der Waals surface area contributed by atoms with Crippen LogP contribution in [-0.2, 0) is 18.7 Å². The van der Waals surface area contributed by atoms with E-state index in [0.717, 1.165) is 19.1 Å². The van der Waals surface area contributed by atoms with Gasteiger partial charge in [-0.15, -0.1) is 0 Å². The van der Waals surface area contributed by atoms with Crippen LogP contribution in [0.1, 0.15) is 46.5 Å². The smallest absolute Gasteiger partial charge is 0.267 e. The van der Waals surface area contributed by atoms with E-state index in [2.05, 4.69) is 20.8 Å². The van der Waals surface area contributed by atoms with E-state index < -0.39 is 24.9 Å². The maximum absolute atomic E-state index is 11.5. The first kappa shape index (κ1) is 17.1. The van der Waals surface area contributed by atoms with Crippen LogP contribution in [0, 0.1) is 11.3 Å². The Bertz CT molecular complexity index is 389. The van der Waals surface area contributed by atoms with E-state index in [1.807, 2.05) is 13.1 Å². The van der Waals surface area contributed by atoms with Crippen molar-refractivity contribution < 1.29 is 17.0 Å². The second-order valence-electron chi connectivity index (χ2n) is 7.01. The molecule has 19 heavy (non-hydrogen) atoms. The lowest BCUT2D eigenvalue weighted by Crippen LogP contribution is -2.45. The fourth-order valence-corrected chi connectivity index (χ4v) is 4.82. The molecule has 0 unspecified atom stereocenters. The highest BCUT2D eigenvalue weighted by Crippen LogP contribution is 2.44. The first-order valence-corrected chi connectivity index (χ1v) is 11.6. The lowest BCUT2D eigenvalue weighted by Gasteiger charge is -2.43. The van der Waals surface area contributed by atoms with E-state index >= 15 is 0 Å². The molecular weight excluding hydrogens is 280 g/mol. The van der Waals surface area contributed by atoms with Crippen molar-refractivity contribution in [3.8, 4) is 0 Å². The Hall–Kier alpha value is 0.0869. The Morgan fingerprint density at radius 3 is 1.95 bits per heavy atom. The number of hydrogen-bond donors (Lipinski definition) is 0. The first-order valence-electron chi connectivity index (χ1n) is 7.02. The molecule has 114 valence electrons. The van der Waals surface area contributed by atoms with E-state index in [1.165, 1.54) is 0 Å². The molecule has 0 heterocycles. The molecule has 1 saturated carbocycles. The minimum atomic E-state index is -3.48. The highest BCUT2D eigenvalue weighted by atomic mass is 32.2. The topological polar surface area (TPSA) is 52.6 Å². The fraction of sp³-hybridized carbons (Fsp3) is 1.00. The van der Waals surface area contributed by atoms with Crippen molar-refractivity contribution in [2.24, 2.45) is 11.3 Å². The minimum absolute atomic E-state index is 0.256. The van der Waals surface area contributed by atoms with Crippen LogP contribution in [0.3, 0.4) is 0 Å². The van der Waals surface area contributed by atoms with Gasteiger partial charge in [-0.3, -0.25) is 0 Å². The van der Waals surface area contributed by atoms with Crippen LogP contribution in [0.15, 0.2) is 0 Å². The minimum Gasteiger partial charge on any atom is -0.393 e. The summed E-state index contributed by atoms with van der Waals surface area (Å²) in [4.78, 5) is 0. The molecular formula is C13H28O4SSi. The van der Waals surface area contributed by atoms with Gasteiger partial charge >= 0.3 is 0 Å². The standard InChI is InChI=1S/C13H28O4SSi/c1-12(2,3)11-7-9-13(10-8-11,17-19(5)6)16-18(4,14)15/h11,19H,7-10H2,1-6H3. The molecule has 0 spiro atoms. The summed E-state index contributed by atoms with van der Waals surface area (Å²) in [6.45, 7) is 10.8. The van der Waals surface area contributed by atoms with Crippen molar-refractivity contribution in [2.75, 3.05) is 6.26 Å². The Morgan fingerprint density at radius 2 is 1.63 bits per heavy atom. The van der Waals surface area contributed by atoms with Gasteiger partial charge in [0.1, 0.15) is 0 Å². The molecule has 0 radical (unpaired) electrons. The summed E-state index contributed by atoms with van der Waals surface area (Å²) in [5.41, 5.74) is 0.256. The molecule has 1 aliphatic rings. The summed E-state index contributed by atoms with van der Waals surface area (Å²) in [6.07, 6.45) is 4.37. The third kappa shape index (κ3) is 5.53. The molecule has 0 N–H and O–H groups in total. The molecule has 0 saturated heterocycles. The predicted octanol–water partition coefficient (Wildman–Crippen LogP) is 2.90. The number of hydrogen-bond acceptors (Lipinski definition) is 4. The maximum atomic E-state index is 11.5. The van der Waals surface area contributed by atoms with Crippen LogP contribution in [0.25, 0.3) is 0 Å². The largest absolute Gasteiger partial charge is 0.393 e. The van der Waals surface area contributed by atoms with Gasteiger partial charge < -0.3 is 4.43 Å². The quantitative estimate of drug-likeness (QED) is 0.455. The number of rotatable bonds is 4. The van der Waals surface area contributed by atoms with Gasteiger partial charge in [0.05, 0.1) is 6.26 Å². The van der Waals surface area contributed by atoms with Crippen LogP contribution in [0.5, 0.6) is 0 Å². The SMILES string of the molecule is C[SiH](C)OC1(OS(C)(=O)=O)CCC(C(C)(C)C)CC1. The summed E-state index contributed by atoms with van der Waals surface area (Å²) in [5, 5.41) is 0. The Morgan fingerprint density at radius 1 is 1.16 bits per heavy atom. The van der Waals surface area contributed by atoms with Gasteiger partial charge in [-0.05, 0) is 37.3 Å². The third-order valence-corrected chi connectivity index (χ3v) is 5.23. The van der Waals surface area contributed by atoms with E-state index in [4.69, 9.17) is 8.61 Å². The summed E-state index contributed by atoms with van der Waals surface area (Å²) in [6, 6.07) is 0. The van der Waals surface area contributed by atoms with Crippen LogP contribution < -0.4 is 0 Å². The second kappa shape index (κ2) is 5.83. The Balaban J connectivity index is 2.80. The lowest BCUT2D eigenvalue weighted by molar-refractivity contribution is -0.148. The van der Waals surface area contributed by atoms with Crippen molar-refractivity contribution in [2.45, 2.75) is 65.3 Å². The van der Waals surface area contributed by atoms with Crippen molar-refractivity contribution in [3.63, 3.8) is 0 Å². The molecule has 0 aromatic carbocycles. The summed E-state index contributed by atoms with van der Waals surface area (Å²) < 4.78 is 34.2. The summed E-state index contributed by atoms with van der Waals surface area (Å²) >= 11 is 0. The van der Waals surface area contributed by atoms with E-state index in [9.17, 15) is 8.42 Å². The van der Waals surface area contributed by atoms with Crippen LogP contribution in [0.2, 0.25) is 13.1 Å². The molecule has 0 aromatic rings. The average Bonchev–Trinajstić information content (AvgIpc) is 2.11. The van der Waals surface area contributed by atoms with Crippen molar-refractivity contribution in [1.29, 1.82) is 0 Å². The highest BCUT2D eigenvalue weighted by Gasteiger charge is 2.43. The van der Waals surface area contributed by atoms with Gasteiger partial charge in [-0.1, -0.05) is 20.8 Å².